The minimum atomic E-state index is 0.246. The van der Waals surface area contributed by atoms with Crippen LogP contribution in [0.5, 0.6) is 17.4 Å². The molecule has 1 heterocycles. The van der Waals surface area contributed by atoms with Crippen molar-refractivity contribution in [3.8, 4) is 23.4 Å². The van der Waals surface area contributed by atoms with E-state index in [-0.39, 0.29) is 5.69 Å². The summed E-state index contributed by atoms with van der Waals surface area (Å²) in [7, 11) is 1.59. The average Bonchev–Trinajstić information content (AvgIpc) is 2.42. The van der Waals surface area contributed by atoms with E-state index in [1.807, 2.05) is 6.07 Å². The summed E-state index contributed by atoms with van der Waals surface area (Å²) < 4.78 is 11.3. The van der Waals surface area contributed by atoms with E-state index in [1.165, 1.54) is 12.4 Å². The van der Waals surface area contributed by atoms with Crippen molar-refractivity contribution in [2.75, 3.05) is 7.11 Å². The number of ether oxygens (including phenoxy) is 2. The van der Waals surface area contributed by atoms with E-state index in [9.17, 15) is 0 Å². The van der Waals surface area contributed by atoms with Crippen molar-refractivity contribution in [1.82, 2.24) is 9.97 Å². The smallest absolute Gasteiger partial charge is 0.237 e. The molecule has 0 unspecified atom stereocenters. The molecule has 6 heteroatoms. The molecule has 0 aliphatic heterocycles. The van der Waals surface area contributed by atoms with Gasteiger partial charge in [-0.3, -0.25) is 0 Å². The quantitative estimate of drug-likeness (QED) is 0.872. The Morgan fingerprint density at radius 1 is 1.28 bits per heavy atom. The van der Waals surface area contributed by atoms with Crippen LogP contribution in [0.3, 0.4) is 0 Å². The highest BCUT2D eigenvalue weighted by molar-refractivity contribution is 9.10. The van der Waals surface area contributed by atoms with Crippen LogP contribution in [-0.4, -0.2) is 17.1 Å². The third-order valence-electron chi connectivity index (χ3n) is 2.10. The SMILES string of the molecule is COc1ccc(Oc2cnc(C#N)cn2)c(Br)c1. The van der Waals surface area contributed by atoms with Crippen LogP contribution in [0.4, 0.5) is 0 Å². The van der Waals surface area contributed by atoms with Gasteiger partial charge in [-0.05, 0) is 34.1 Å². The highest BCUT2D eigenvalue weighted by Gasteiger charge is 2.05. The van der Waals surface area contributed by atoms with Gasteiger partial charge in [-0.2, -0.15) is 5.26 Å². The highest BCUT2D eigenvalue weighted by atomic mass is 79.9. The molecule has 2 aromatic rings. The molecule has 2 rings (SSSR count). The molecule has 18 heavy (non-hydrogen) atoms. The lowest BCUT2D eigenvalue weighted by Gasteiger charge is -2.07. The average molecular weight is 306 g/mol. The summed E-state index contributed by atoms with van der Waals surface area (Å²) in [6.07, 6.45) is 2.75. The van der Waals surface area contributed by atoms with Crippen LogP contribution in [0.15, 0.2) is 35.1 Å². The molecule has 0 aliphatic rings. The minimum Gasteiger partial charge on any atom is -0.497 e. The third kappa shape index (κ3) is 2.76. The molecule has 0 N–H and O–H groups in total. The second-order valence-corrected chi connectivity index (χ2v) is 4.10. The molecule has 0 spiro atoms. The predicted molar refractivity (Wildman–Crippen MR) is 67.5 cm³/mol. The van der Waals surface area contributed by atoms with Gasteiger partial charge in [-0.15, -0.1) is 0 Å². The molecule has 90 valence electrons. The summed E-state index contributed by atoms with van der Waals surface area (Å²) in [5.41, 5.74) is 0.246. The Balaban J connectivity index is 2.20. The summed E-state index contributed by atoms with van der Waals surface area (Å²) in [5.74, 6) is 1.63. The molecule has 1 aromatic heterocycles. The number of benzene rings is 1. The monoisotopic (exact) mass is 305 g/mol. The van der Waals surface area contributed by atoms with Crippen molar-refractivity contribution >= 4 is 15.9 Å². The lowest BCUT2D eigenvalue weighted by atomic mass is 10.3. The Bertz CT molecular complexity index is 593. The number of nitriles is 1. The molecular formula is C12H8BrN3O2. The maximum atomic E-state index is 8.61. The zero-order chi connectivity index (χ0) is 13.0. The topological polar surface area (TPSA) is 68.0 Å². The molecule has 0 saturated carbocycles. The predicted octanol–water partition coefficient (Wildman–Crippen LogP) is 2.91. The molecule has 5 nitrogen and oxygen atoms in total. The van der Waals surface area contributed by atoms with Crippen molar-refractivity contribution in [2.45, 2.75) is 0 Å². The van der Waals surface area contributed by atoms with Crippen LogP contribution < -0.4 is 9.47 Å². The van der Waals surface area contributed by atoms with Crippen molar-refractivity contribution < 1.29 is 9.47 Å². The lowest BCUT2D eigenvalue weighted by molar-refractivity contribution is 0.411. The number of methoxy groups -OCH3 is 1. The van der Waals surface area contributed by atoms with Crippen LogP contribution >= 0.6 is 15.9 Å². The summed E-state index contributed by atoms with van der Waals surface area (Å²) >= 11 is 3.37. The number of hydrogen-bond acceptors (Lipinski definition) is 5. The summed E-state index contributed by atoms with van der Waals surface area (Å²) in [5, 5.41) is 8.61. The normalized spacial score (nSPS) is 9.61. The van der Waals surface area contributed by atoms with Gasteiger partial charge >= 0.3 is 0 Å². The van der Waals surface area contributed by atoms with Gasteiger partial charge in [-0.1, -0.05) is 0 Å². The van der Waals surface area contributed by atoms with Gasteiger partial charge in [0.25, 0.3) is 0 Å². The standard InChI is InChI=1S/C12H8BrN3O2/c1-17-9-2-3-11(10(13)4-9)18-12-7-15-8(5-14)6-16-12/h2-4,6-7H,1H3. The zero-order valence-corrected chi connectivity index (χ0v) is 11.0. The molecule has 0 saturated heterocycles. The second kappa shape index (κ2) is 5.47. The van der Waals surface area contributed by atoms with Gasteiger partial charge in [0.2, 0.25) is 5.88 Å². The maximum absolute atomic E-state index is 8.61. The van der Waals surface area contributed by atoms with Crippen LogP contribution in [0, 0.1) is 11.3 Å². The summed E-state index contributed by atoms with van der Waals surface area (Å²) in [6.45, 7) is 0. The Kier molecular flexibility index (Phi) is 3.75. The zero-order valence-electron chi connectivity index (χ0n) is 9.42. The number of hydrogen-bond donors (Lipinski definition) is 0. The number of aromatic nitrogens is 2. The molecule has 0 atom stereocenters. The van der Waals surface area contributed by atoms with Crippen LogP contribution in [0.1, 0.15) is 5.69 Å². The Morgan fingerprint density at radius 2 is 2.11 bits per heavy atom. The molecule has 0 bridgehead atoms. The van der Waals surface area contributed by atoms with Gasteiger partial charge in [0.05, 0.1) is 24.0 Å². The van der Waals surface area contributed by atoms with Crippen molar-refractivity contribution in [3.63, 3.8) is 0 Å². The van der Waals surface area contributed by atoms with Crippen molar-refractivity contribution in [1.29, 1.82) is 5.26 Å². The van der Waals surface area contributed by atoms with Crippen molar-refractivity contribution in [3.05, 3.63) is 40.8 Å². The van der Waals surface area contributed by atoms with Crippen LogP contribution in [-0.2, 0) is 0 Å². The third-order valence-corrected chi connectivity index (χ3v) is 2.72. The summed E-state index contributed by atoms with van der Waals surface area (Å²) in [4.78, 5) is 7.84. The first-order chi connectivity index (χ1) is 8.72. The number of halogens is 1. The molecule has 1 aromatic carbocycles. The highest BCUT2D eigenvalue weighted by Crippen LogP contribution is 2.31. The van der Waals surface area contributed by atoms with E-state index in [4.69, 9.17) is 14.7 Å². The maximum Gasteiger partial charge on any atom is 0.237 e. The first-order valence-electron chi connectivity index (χ1n) is 4.96. The van der Waals surface area contributed by atoms with E-state index in [0.717, 1.165) is 10.2 Å². The van der Waals surface area contributed by atoms with Crippen LogP contribution in [0.2, 0.25) is 0 Å². The Labute approximate surface area is 112 Å². The summed E-state index contributed by atoms with van der Waals surface area (Å²) in [6, 6.07) is 7.20. The van der Waals surface area contributed by atoms with E-state index in [1.54, 1.807) is 25.3 Å². The van der Waals surface area contributed by atoms with E-state index in [0.29, 0.717) is 11.6 Å². The largest absolute Gasteiger partial charge is 0.497 e. The molecule has 0 amide bonds. The molecule has 0 aliphatic carbocycles. The fourth-order valence-corrected chi connectivity index (χ4v) is 1.67. The fraction of sp³-hybridized carbons (Fsp3) is 0.0833. The Hall–Kier alpha value is -2.13. The van der Waals surface area contributed by atoms with Gasteiger partial charge in [0, 0.05) is 0 Å². The first kappa shape index (κ1) is 12.3. The molecule has 0 fully saturated rings. The first-order valence-corrected chi connectivity index (χ1v) is 5.76. The van der Waals surface area contributed by atoms with Gasteiger partial charge < -0.3 is 9.47 Å². The molecule has 0 radical (unpaired) electrons. The minimum absolute atomic E-state index is 0.246. The van der Waals surface area contributed by atoms with Gasteiger partial charge in [-0.25, -0.2) is 9.97 Å². The number of rotatable bonds is 3. The number of nitrogens with zero attached hydrogens (tertiary/aromatic N) is 3. The lowest BCUT2D eigenvalue weighted by Crippen LogP contribution is -1.92. The van der Waals surface area contributed by atoms with Crippen molar-refractivity contribution in [2.24, 2.45) is 0 Å². The van der Waals surface area contributed by atoms with E-state index >= 15 is 0 Å². The second-order valence-electron chi connectivity index (χ2n) is 3.25. The fourth-order valence-electron chi connectivity index (χ4n) is 1.23. The van der Waals surface area contributed by atoms with Gasteiger partial charge in [0.1, 0.15) is 17.6 Å². The van der Waals surface area contributed by atoms with Gasteiger partial charge in [0.15, 0.2) is 5.69 Å². The Morgan fingerprint density at radius 3 is 2.67 bits per heavy atom. The van der Waals surface area contributed by atoms with E-state index in [2.05, 4.69) is 25.9 Å². The van der Waals surface area contributed by atoms with Crippen LogP contribution in [0.25, 0.3) is 0 Å². The van der Waals surface area contributed by atoms with E-state index < -0.39 is 0 Å². The molecular weight excluding hydrogens is 298 g/mol.